The summed E-state index contributed by atoms with van der Waals surface area (Å²) in [6, 6.07) is 6.39. The molecular formula is C18H23N5O4. The number of nitrogens with two attached hydrogens (primary N) is 1. The molecule has 0 radical (unpaired) electrons. The Labute approximate surface area is 156 Å². The van der Waals surface area contributed by atoms with Crippen LogP contribution in [0.5, 0.6) is 0 Å². The van der Waals surface area contributed by atoms with Crippen LogP contribution in [-0.2, 0) is 27.2 Å². The third-order valence-electron chi connectivity index (χ3n) is 3.98. The number of aromatic nitrogens is 2. The Kier molecular flexibility index (Phi) is 7.07. The first-order chi connectivity index (χ1) is 12.9. The van der Waals surface area contributed by atoms with Crippen LogP contribution >= 0.6 is 0 Å². The molecule has 2 rings (SSSR count). The Morgan fingerprint density at radius 1 is 1.15 bits per heavy atom. The molecule has 1 heterocycles. The van der Waals surface area contributed by atoms with Crippen molar-refractivity contribution in [2.45, 2.75) is 37.9 Å². The summed E-state index contributed by atoms with van der Waals surface area (Å²) in [5.41, 5.74) is 7.37. The van der Waals surface area contributed by atoms with Crippen LogP contribution < -0.4 is 16.4 Å². The largest absolute Gasteiger partial charge is 0.480 e. The Hall–Kier alpha value is -3.20. The number of carbonyl (C=O) groups excluding carboxylic acids is 2. The van der Waals surface area contributed by atoms with E-state index in [2.05, 4.69) is 20.6 Å². The molecule has 9 nitrogen and oxygen atoms in total. The van der Waals surface area contributed by atoms with E-state index in [0.29, 0.717) is 12.1 Å². The number of carboxylic acid groups (broad SMARTS) is 1. The second kappa shape index (κ2) is 9.48. The molecule has 1 aromatic carbocycles. The maximum Gasteiger partial charge on any atom is 0.326 e. The van der Waals surface area contributed by atoms with Gasteiger partial charge in [0.1, 0.15) is 12.1 Å². The first-order valence-corrected chi connectivity index (χ1v) is 8.47. The molecule has 0 spiro atoms. The highest BCUT2D eigenvalue weighted by atomic mass is 16.4. The number of aliphatic carboxylic acids is 1. The highest BCUT2D eigenvalue weighted by Gasteiger charge is 2.25. The van der Waals surface area contributed by atoms with Crippen molar-refractivity contribution in [3.05, 3.63) is 54.1 Å². The van der Waals surface area contributed by atoms with Crippen molar-refractivity contribution >= 4 is 17.8 Å². The fraction of sp³-hybridized carbons (Fsp3) is 0.333. The van der Waals surface area contributed by atoms with Crippen molar-refractivity contribution in [3.8, 4) is 0 Å². The number of nitrogens with one attached hydrogen (secondary N) is 3. The third kappa shape index (κ3) is 6.23. The van der Waals surface area contributed by atoms with Gasteiger partial charge in [-0.1, -0.05) is 30.3 Å². The highest BCUT2D eigenvalue weighted by molar-refractivity contribution is 5.91. The molecule has 9 heteroatoms. The number of hydrogen-bond acceptors (Lipinski definition) is 5. The van der Waals surface area contributed by atoms with Gasteiger partial charge in [0, 0.05) is 18.3 Å². The van der Waals surface area contributed by atoms with Crippen LogP contribution in [0.2, 0.25) is 0 Å². The van der Waals surface area contributed by atoms with Crippen LogP contribution in [0.3, 0.4) is 0 Å². The zero-order valence-electron chi connectivity index (χ0n) is 14.9. The van der Waals surface area contributed by atoms with Crippen molar-refractivity contribution in [3.63, 3.8) is 0 Å². The number of carboxylic acids is 1. The van der Waals surface area contributed by atoms with Crippen molar-refractivity contribution < 1.29 is 19.5 Å². The maximum absolute atomic E-state index is 12.2. The lowest BCUT2D eigenvalue weighted by Gasteiger charge is -2.20. The monoisotopic (exact) mass is 373 g/mol. The number of hydrogen-bond donors (Lipinski definition) is 5. The van der Waals surface area contributed by atoms with E-state index in [4.69, 9.17) is 5.73 Å². The summed E-state index contributed by atoms with van der Waals surface area (Å²) in [5.74, 6) is -2.28. The lowest BCUT2D eigenvalue weighted by atomic mass is 10.1. The summed E-state index contributed by atoms with van der Waals surface area (Å²) >= 11 is 0. The number of amides is 2. The lowest BCUT2D eigenvalue weighted by molar-refractivity contribution is -0.142. The molecule has 0 bridgehead atoms. The average molecular weight is 373 g/mol. The molecule has 3 unspecified atom stereocenters. The molecule has 144 valence electrons. The van der Waals surface area contributed by atoms with Gasteiger partial charge in [0.2, 0.25) is 11.8 Å². The summed E-state index contributed by atoms with van der Waals surface area (Å²) in [7, 11) is 0. The zero-order valence-corrected chi connectivity index (χ0v) is 14.9. The predicted octanol–water partition coefficient (Wildman–Crippen LogP) is -0.404. The molecule has 0 fully saturated rings. The SMILES string of the molecule is CC(NC(=O)C(N)Cc1ccccc1)C(=O)NC(Cc1cnc[nH]1)C(=O)O. The van der Waals surface area contributed by atoms with Gasteiger partial charge in [0.25, 0.3) is 0 Å². The van der Waals surface area contributed by atoms with E-state index in [9.17, 15) is 19.5 Å². The van der Waals surface area contributed by atoms with Gasteiger partial charge in [0.15, 0.2) is 0 Å². The zero-order chi connectivity index (χ0) is 19.8. The van der Waals surface area contributed by atoms with Crippen molar-refractivity contribution in [1.29, 1.82) is 0 Å². The van der Waals surface area contributed by atoms with Gasteiger partial charge in [-0.25, -0.2) is 9.78 Å². The minimum absolute atomic E-state index is 0.0509. The van der Waals surface area contributed by atoms with Gasteiger partial charge in [-0.3, -0.25) is 9.59 Å². The maximum atomic E-state index is 12.2. The molecule has 3 atom stereocenters. The van der Waals surface area contributed by atoms with E-state index in [1.54, 1.807) is 0 Å². The van der Waals surface area contributed by atoms with Gasteiger partial charge in [0.05, 0.1) is 12.4 Å². The fourth-order valence-corrected chi connectivity index (χ4v) is 2.46. The normalized spacial score (nSPS) is 14.0. The van der Waals surface area contributed by atoms with E-state index in [0.717, 1.165) is 5.56 Å². The molecule has 0 aliphatic carbocycles. The molecule has 0 aliphatic rings. The van der Waals surface area contributed by atoms with E-state index >= 15 is 0 Å². The van der Waals surface area contributed by atoms with Gasteiger partial charge < -0.3 is 26.5 Å². The first kappa shape index (κ1) is 20.1. The van der Waals surface area contributed by atoms with Crippen LogP contribution in [0.4, 0.5) is 0 Å². The quantitative estimate of drug-likeness (QED) is 0.403. The topological polar surface area (TPSA) is 150 Å². The number of rotatable bonds is 9. The fourth-order valence-electron chi connectivity index (χ4n) is 2.46. The summed E-state index contributed by atoms with van der Waals surface area (Å²) in [6.45, 7) is 1.47. The standard InChI is InChI=1S/C18H23N5O4/c1-11(22-17(25)14(19)7-12-5-3-2-4-6-12)16(24)23-15(18(26)27)8-13-9-20-10-21-13/h2-6,9-11,14-15H,7-8,19H2,1H3,(H,20,21)(H,22,25)(H,23,24)(H,26,27). The van der Waals surface area contributed by atoms with Gasteiger partial charge in [-0.15, -0.1) is 0 Å². The van der Waals surface area contributed by atoms with Crippen molar-refractivity contribution in [2.24, 2.45) is 5.73 Å². The Morgan fingerprint density at radius 3 is 2.44 bits per heavy atom. The number of imidazole rings is 1. The first-order valence-electron chi connectivity index (χ1n) is 8.47. The molecular weight excluding hydrogens is 350 g/mol. The second-order valence-corrected chi connectivity index (χ2v) is 6.21. The van der Waals surface area contributed by atoms with Crippen LogP contribution in [-0.4, -0.2) is 51.0 Å². The minimum Gasteiger partial charge on any atom is -0.480 e. The summed E-state index contributed by atoms with van der Waals surface area (Å²) in [5, 5.41) is 14.2. The predicted molar refractivity (Wildman–Crippen MR) is 97.6 cm³/mol. The van der Waals surface area contributed by atoms with Crippen LogP contribution in [0.1, 0.15) is 18.2 Å². The third-order valence-corrected chi connectivity index (χ3v) is 3.98. The molecule has 1 aromatic heterocycles. The van der Waals surface area contributed by atoms with Crippen molar-refractivity contribution in [2.75, 3.05) is 0 Å². The highest BCUT2D eigenvalue weighted by Crippen LogP contribution is 2.03. The molecule has 0 saturated carbocycles. The van der Waals surface area contributed by atoms with E-state index in [1.807, 2.05) is 30.3 Å². The molecule has 27 heavy (non-hydrogen) atoms. The summed E-state index contributed by atoms with van der Waals surface area (Å²) in [4.78, 5) is 42.4. The molecule has 0 aliphatic heterocycles. The van der Waals surface area contributed by atoms with Gasteiger partial charge in [-0.2, -0.15) is 0 Å². The van der Waals surface area contributed by atoms with E-state index < -0.39 is 35.9 Å². The number of H-pyrrole nitrogens is 1. The summed E-state index contributed by atoms with van der Waals surface area (Å²) in [6.07, 6.45) is 3.29. The van der Waals surface area contributed by atoms with Crippen LogP contribution in [0.25, 0.3) is 0 Å². The molecule has 2 aromatic rings. The number of aromatic amines is 1. The van der Waals surface area contributed by atoms with Gasteiger partial charge in [-0.05, 0) is 18.9 Å². The van der Waals surface area contributed by atoms with Crippen LogP contribution in [0.15, 0.2) is 42.9 Å². The lowest BCUT2D eigenvalue weighted by Crippen LogP contribution is -2.54. The Balaban J connectivity index is 1.87. The number of nitrogens with zero attached hydrogens (tertiary/aromatic N) is 1. The number of carbonyl (C=O) groups is 3. The smallest absolute Gasteiger partial charge is 0.326 e. The van der Waals surface area contributed by atoms with Crippen molar-refractivity contribution in [1.82, 2.24) is 20.6 Å². The minimum atomic E-state index is -1.18. The van der Waals surface area contributed by atoms with E-state index in [-0.39, 0.29) is 6.42 Å². The van der Waals surface area contributed by atoms with Gasteiger partial charge >= 0.3 is 5.97 Å². The Morgan fingerprint density at radius 2 is 1.85 bits per heavy atom. The van der Waals surface area contributed by atoms with Crippen LogP contribution in [0, 0.1) is 0 Å². The molecule has 0 saturated heterocycles. The Bertz CT molecular complexity index is 763. The number of benzene rings is 1. The summed E-state index contributed by atoms with van der Waals surface area (Å²) < 4.78 is 0. The molecule has 6 N–H and O–H groups in total. The second-order valence-electron chi connectivity index (χ2n) is 6.21. The average Bonchev–Trinajstić information content (AvgIpc) is 3.14. The van der Waals surface area contributed by atoms with E-state index in [1.165, 1.54) is 19.4 Å². The molecule has 2 amide bonds.